The van der Waals surface area contributed by atoms with Crippen molar-refractivity contribution >= 4 is 39.0 Å². The highest BCUT2D eigenvalue weighted by Gasteiger charge is 2.21. The van der Waals surface area contributed by atoms with E-state index >= 15 is 0 Å². The van der Waals surface area contributed by atoms with Gasteiger partial charge in [0.1, 0.15) is 5.69 Å². The molecule has 3 aromatic rings. The third-order valence-corrected chi connectivity index (χ3v) is 4.61. The predicted molar refractivity (Wildman–Crippen MR) is 104 cm³/mol. The fraction of sp³-hybridized carbons (Fsp3) is 0.222. The second kappa shape index (κ2) is 6.98. The number of nitrogens with zero attached hydrogens (tertiary/aromatic N) is 1. The first-order chi connectivity index (χ1) is 11.9. The lowest BCUT2D eigenvalue weighted by molar-refractivity contribution is 0.0930. The Kier molecular flexibility index (Phi) is 4.76. The zero-order chi connectivity index (χ0) is 18.0. The van der Waals surface area contributed by atoms with Crippen molar-refractivity contribution < 1.29 is 4.79 Å². The molecule has 1 aromatic carbocycles. The van der Waals surface area contributed by atoms with Crippen molar-refractivity contribution in [2.24, 2.45) is 5.92 Å². The molecule has 0 aliphatic heterocycles. The van der Waals surface area contributed by atoms with E-state index in [2.05, 4.69) is 27.2 Å². The van der Waals surface area contributed by atoms with Crippen LogP contribution in [0.4, 0.5) is 10.8 Å². The first kappa shape index (κ1) is 17.0. The number of rotatable bonds is 6. The molecule has 3 rings (SSSR count). The van der Waals surface area contributed by atoms with Gasteiger partial charge in [0.2, 0.25) is 0 Å². The van der Waals surface area contributed by atoms with Gasteiger partial charge >= 0.3 is 0 Å². The van der Waals surface area contributed by atoms with Crippen molar-refractivity contribution in [3.8, 4) is 0 Å². The van der Waals surface area contributed by atoms with E-state index in [1.807, 2.05) is 31.4 Å². The predicted octanol–water partition coefficient (Wildman–Crippen LogP) is 3.59. The van der Waals surface area contributed by atoms with Crippen LogP contribution < -0.4 is 16.4 Å². The number of amides is 1. The van der Waals surface area contributed by atoms with E-state index in [0.29, 0.717) is 17.1 Å². The normalized spacial score (nSPS) is 12.3. The van der Waals surface area contributed by atoms with Crippen LogP contribution in [0.3, 0.4) is 0 Å². The Labute approximate surface area is 150 Å². The minimum atomic E-state index is -0.229. The van der Waals surface area contributed by atoms with E-state index in [1.165, 1.54) is 11.3 Å². The van der Waals surface area contributed by atoms with Gasteiger partial charge in [-0.3, -0.25) is 4.79 Å². The Morgan fingerprint density at radius 1 is 1.36 bits per heavy atom. The number of carbonyl (C=O) groups excluding carboxylic acids is 1. The van der Waals surface area contributed by atoms with Gasteiger partial charge in [0.05, 0.1) is 6.04 Å². The SMILES string of the molecule is C=C(Nc1nccs1)C(NC(=O)c1cc2cc(N)ccc2[nH]1)C(C)C. The van der Waals surface area contributed by atoms with Crippen LogP contribution in [0.25, 0.3) is 10.9 Å². The summed E-state index contributed by atoms with van der Waals surface area (Å²) < 4.78 is 0. The standard InChI is InChI=1S/C18H21N5OS/c1-10(2)16(11(3)21-18-20-6-7-25-18)23-17(24)15-9-12-8-13(19)4-5-14(12)22-15/h4-10,16,22H,3,19H2,1-2H3,(H,20,21)(H,23,24). The molecule has 6 nitrogen and oxygen atoms in total. The molecule has 0 bridgehead atoms. The first-order valence-electron chi connectivity index (χ1n) is 7.98. The summed E-state index contributed by atoms with van der Waals surface area (Å²) in [6, 6.07) is 7.08. The second-order valence-corrected chi connectivity index (χ2v) is 7.11. The number of benzene rings is 1. The number of aromatic amines is 1. The van der Waals surface area contributed by atoms with Gasteiger partial charge in [-0.15, -0.1) is 11.3 Å². The summed E-state index contributed by atoms with van der Waals surface area (Å²) in [5, 5.41) is 9.75. The highest BCUT2D eigenvalue weighted by molar-refractivity contribution is 7.13. The monoisotopic (exact) mass is 355 g/mol. The lowest BCUT2D eigenvalue weighted by atomic mass is 10.0. The van der Waals surface area contributed by atoms with E-state index < -0.39 is 0 Å². The number of hydrogen-bond donors (Lipinski definition) is 4. The maximum absolute atomic E-state index is 12.7. The molecule has 2 aromatic heterocycles. The summed E-state index contributed by atoms with van der Waals surface area (Å²) in [5.74, 6) is -0.0144. The van der Waals surface area contributed by atoms with E-state index in [0.717, 1.165) is 16.0 Å². The van der Waals surface area contributed by atoms with Crippen molar-refractivity contribution in [1.29, 1.82) is 0 Å². The Morgan fingerprint density at radius 2 is 2.16 bits per heavy atom. The van der Waals surface area contributed by atoms with Crippen molar-refractivity contribution in [2.45, 2.75) is 19.9 Å². The highest BCUT2D eigenvalue weighted by Crippen LogP contribution is 2.20. The largest absolute Gasteiger partial charge is 0.399 e. The number of nitrogen functional groups attached to an aromatic ring is 1. The molecular formula is C18H21N5OS. The average molecular weight is 355 g/mol. The number of fused-ring (bicyclic) bond motifs is 1. The summed E-state index contributed by atoms with van der Waals surface area (Å²) in [4.78, 5) is 20.0. The van der Waals surface area contributed by atoms with Crippen molar-refractivity contribution in [3.63, 3.8) is 0 Å². The van der Waals surface area contributed by atoms with Crippen molar-refractivity contribution in [3.05, 3.63) is 53.8 Å². The summed E-state index contributed by atoms with van der Waals surface area (Å²) >= 11 is 1.49. The molecule has 25 heavy (non-hydrogen) atoms. The maximum Gasteiger partial charge on any atom is 0.268 e. The molecule has 0 aliphatic rings. The van der Waals surface area contributed by atoms with Gasteiger partial charge in [0, 0.05) is 33.9 Å². The van der Waals surface area contributed by atoms with E-state index in [-0.39, 0.29) is 17.9 Å². The lowest BCUT2D eigenvalue weighted by Gasteiger charge is -2.24. The van der Waals surface area contributed by atoms with Crippen LogP contribution in [0.5, 0.6) is 0 Å². The van der Waals surface area contributed by atoms with Crippen LogP contribution >= 0.6 is 11.3 Å². The van der Waals surface area contributed by atoms with Crippen molar-refractivity contribution in [2.75, 3.05) is 11.1 Å². The van der Waals surface area contributed by atoms with Crippen LogP contribution in [0.1, 0.15) is 24.3 Å². The van der Waals surface area contributed by atoms with Gasteiger partial charge in [-0.25, -0.2) is 4.98 Å². The molecule has 1 atom stereocenters. The first-order valence-corrected chi connectivity index (χ1v) is 8.86. The van der Waals surface area contributed by atoms with Gasteiger partial charge in [-0.05, 0) is 30.2 Å². The summed E-state index contributed by atoms with van der Waals surface area (Å²) in [7, 11) is 0. The Balaban J connectivity index is 1.76. The lowest BCUT2D eigenvalue weighted by Crippen LogP contribution is -2.41. The molecule has 1 amide bonds. The fourth-order valence-corrected chi connectivity index (χ4v) is 3.21. The quantitative estimate of drug-likeness (QED) is 0.508. The van der Waals surface area contributed by atoms with Gasteiger partial charge < -0.3 is 21.4 Å². The Hall–Kier alpha value is -2.80. The van der Waals surface area contributed by atoms with Crippen LogP contribution in [0.2, 0.25) is 0 Å². The highest BCUT2D eigenvalue weighted by atomic mass is 32.1. The molecule has 0 aliphatic carbocycles. The molecule has 1 unspecified atom stereocenters. The zero-order valence-electron chi connectivity index (χ0n) is 14.2. The molecule has 5 N–H and O–H groups in total. The number of thiazole rings is 1. The zero-order valence-corrected chi connectivity index (χ0v) is 15.0. The third kappa shape index (κ3) is 3.83. The van der Waals surface area contributed by atoms with E-state index in [4.69, 9.17) is 5.73 Å². The third-order valence-electron chi connectivity index (χ3n) is 3.92. The number of nitrogens with one attached hydrogen (secondary N) is 3. The Bertz CT molecular complexity index is 897. The number of aromatic nitrogens is 2. The molecule has 0 saturated heterocycles. The Morgan fingerprint density at radius 3 is 2.84 bits per heavy atom. The number of nitrogens with two attached hydrogens (primary N) is 1. The smallest absolute Gasteiger partial charge is 0.268 e. The summed E-state index contributed by atoms with van der Waals surface area (Å²) in [5.41, 5.74) is 8.54. The summed E-state index contributed by atoms with van der Waals surface area (Å²) in [6.07, 6.45) is 1.72. The molecule has 0 radical (unpaired) electrons. The van der Waals surface area contributed by atoms with E-state index in [9.17, 15) is 4.79 Å². The second-order valence-electron chi connectivity index (χ2n) is 6.21. The van der Waals surface area contributed by atoms with Gasteiger partial charge in [-0.2, -0.15) is 0 Å². The topological polar surface area (TPSA) is 95.8 Å². The van der Waals surface area contributed by atoms with Crippen LogP contribution in [0.15, 0.2) is 48.1 Å². The van der Waals surface area contributed by atoms with Crippen LogP contribution in [0, 0.1) is 5.92 Å². The molecule has 7 heteroatoms. The fourth-order valence-electron chi connectivity index (χ4n) is 2.65. The molecule has 2 heterocycles. The molecular weight excluding hydrogens is 334 g/mol. The number of anilines is 2. The molecule has 0 spiro atoms. The number of H-pyrrole nitrogens is 1. The van der Waals surface area contributed by atoms with Gasteiger partial charge in [-0.1, -0.05) is 20.4 Å². The average Bonchev–Trinajstić information content (AvgIpc) is 3.20. The van der Waals surface area contributed by atoms with E-state index in [1.54, 1.807) is 18.3 Å². The minimum Gasteiger partial charge on any atom is -0.399 e. The van der Waals surface area contributed by atoms with Gasteiger partial charge in [0.15, 0.2) is 5.13 Å². The number of carbonyl (C=O) groups is 1. The van der Waals surface area contributed by atoms with Gasteiger partial charge in [0.25, 0.3) is 5.91 Å². The number of hydrogen-bond acceptors (Lipinski definition) is 5. The maximum atomic E-state index is 12.7. The van der Waals surface area contributed by atoms with Crippen molar-refractivity contribution in [1.82, 2.24) is 15.3 Å². The molecule has 0 fully saturated rings. The minimum absolute atomic E-state index is 0.170. The summed E-state index contributed by atoms with van der Waals surface area (Å²) in [6.45, 7) is 8.13. The van der Waals surface area contributed by atoms with Crippen LogP contribution in [-0.4, -0.2) is 21.9 Å². The van der Waals surface area contributed by atoms with Crippen LogP contribution in [-0.2, 0) is 0 Å². The molecule has 0 saturated carbocycles. The molecule has 130 valence electrons.